The Hall–Kier alpha value is -3.15. The van der Waals surface area contributed by atoms with Crippen molar-refractivity contribution in [2.45, 2.75) is 13.3 Å². The number of hydrogen-bond donors (Lipinski definition) is 2. The molecule has 3 aromatic rings. The fourth-order valence-electron chi connectivity index (χ4n) is 3.25. The highest BCUT2D eigenvalue weighted by Gasteiger charge is 2.22. The summed E-state index contributed by atoms with van der Waals surface area (Å²) < 4.78 is 13.8. The molecule has 0 atom stereocenters. The first-order valence-corrected chi connectivity index (χ1v) is 8.02. The van der Waals surface area contributed by atoms with Gasteiger partial charge in [-0.05, 0) is 48.4 Å². The van der Waals surface area contributed by atoms with Crippen molar-refractivity contribution in [1.82, 2.24) is 4.98 Å². The van der Waals surface area contributed by atoms with Gasteiger partial charge in [0.25, 0.3) is 5.91 Å². The number of aromatic amines is 1. The van der Waals surface area contributed by atoms with Crippen LogP contribution in [0.2, 0.25) is 0 Å². The predicted molar refractivity (Wildman–Crippen MR) is 94.4 cm³/mol. The van der Waals surface area contributed by atoms with Crippen LogP contribution in [0.1, 0.15) is 23.0 Å². The number of H-pyrrole nitrogens is 1. The highest BCUT2D eigenvalue weighted by Crippen LogP contribution is 2.30. The summed E-state index contributed by atoms with van der Waals surface area (Å²) in [6, 6.07) is 11.7. The number of benzene rings is 2. The van der Waals surface area contributed by atoms with Crippen molar-refractivity contribution in [2.24, 2.45) is 0 Å². The van der Waals surface area contributed by atoms with Crippen LogP contribution in [0.4, 0.5) is 15.8 Å². The smallest absolute Gasteiger partial charge is 0.272 e. The number of halogens is 1. The second-order valence-corrected chi connectivity index (χ2v) is 6.10. The van der Waals surface area contributed by atoms with Gasteiger partial charge in [0.1, 0.15) is 11.5 Å². The molecule has 0 saturated carbocycles. The zero-order chi connectivity index (χ0) is 17.6. The van der Waals surface area contributed by atoms with E-state index in [0.29, 0.717) is 28.8 Å². The van der Waals surface area contributed by atoms with E-state index in [1.54, 1.807) is 30.0 Å². The maximum absolute atomic E-state index is 13.8. The molecular formula is C19H16FN3O2. The minimum absolute atomic E-state index is 0.00985. The number of nitrogens with one attached hydrogen (secondary N) is 2. The maximum Gasteiger partial charge on any atom is 0.272 e. The van der Waals surface area contributed by atoms with Crippen molar-refractivity contribution in [3.63, 3.8) is 0 Å². The van der Waals surface area contributed by atoms with Crippen LogP contribution < -0.4 is 10.2 Å². The van der Waals surface area contributed by atoms with Gasteiger partial charge in [0, 0.05) is 35.7 Å². The quantitative estimate of drug-likeness (QED) is 0.752. The fourth-order valence-corrected chi connectivity index (χ4v) is 3.25. The number of carbonyl (C=O) groups excluding carboxylic acids is 2. The third-order valence-corrected chi connectivity index (χ3v) is 4.47. The zero-order valence-corrected chi connectivity index (χ0v) is 13.6. The number of nitrogens with zero attached hydrogens (tertiary/aromatic N) is 1. The summed E-state index contributed by atoms with van der Waals surface area (Å²) in [7, 11) is 0. The zero-order valence-electron chi connectivity index (χ0n) is 13.6. The molecule has 5 nitrogen and oxygen atoms in total. The number of anilines is 2. The van der Waals surface area contributed by atoms with Gasteiger partial charge in [-0.25, -0.2) is 4.39 Å². The van der Waals surface area contributed by atoms with Gasteiger partial charge < -0.3 is 15.2 Å². The molecule has 0 aliphatic carbocycles. The van der Waals surface area contributed by atoms with Gasteiger partial charge in [0.05, 0.1) is 0 Å². The van der Waals surface area contributed by atoms with E-state index in [2.05, 4.69) is 10.3 Å². The first-order chi connectivity index (χ1) is 12.0. The second kappa shape index (κ2) is 5.73. The molecule has 2 aromatic carbocycles. The Morgan fingerprint density at radius 3 is 2.80 bits per heavy atom. The van der Waals surface area contributed by atoms with Crippen molar-refractivity contribution in [1.29, 1.82) is 0 Å². The van der Waals surface area contributed by atoms with E-state index in [4.69, 9.17) is 0 Å². The molecule has 6 heteroatoms. The van der Waals surface area contributed by atoms with Gasteiger partial charge in [0.2, 0.25) is 5.91 Å². The molecule has 0 radical (unpaired) electrons. The third-order valence-electron chi connectivity index (χ3n) is 4.47. The summed E-state index contributed by atoms with van der Waals surface area (Å²) in [5.41, 5.74) is 3.43. The highest BCUT2D eigenvalue weighted by atomic mass is 19.1. The maximum atomic E-state index is 13.8. The monoisotopic (exact) mass is 337 g/mol. The van der Waals surface area contributed by atoms with Gasteiger partial charge in [-0.2, -0.15) is 0 Å². The van der Waals surface area contributed by atoms with Gasteiger partial charge in [-0.3, -0.25) is 9.59 Å². The number of rotatable bonds is 2. The molecule has 0 fully saturated rings. The lowest BCUT2D eigenvalue weighted by Gasteiger charge is -2.15. The van der Waals surface area contributed by atoms with Crippen molar-refractivity contribution in [2.75, 3.05) is 16.8 Å². The average Bonchev–Trinajstić information content (AvgIpc) is 3.19. The lowest BCUT2D eigenvalue weighted by molar-refractivity contribution is -0.116. The average molecular weight is 337 g/mol. The van der Waals surface area contributed by atoms with Crippen LogP contribution in [0.5, 0.6) is 0 Å². The Bertz CT molecular complexity index is 1010. The molecule has 2 heterocycles. The van der Waals surface area contributed by atoms with Crippen LogP contribution in [-0.2, 0) is 11.2 Å². The molecule has 25 heavy (non-hydrogen) atoms. The minimum atomic E-state index is -0.366. The van der Waals surface area contributed by atoms with E-state index >= 15 is 0 Å². The second-order valence-electron chi connectivity index (χ2n) is 6.10. The van der Waals surface area contributed by atoms with Crippen LogP contribution in [0.3, 0.4) is 0 Å². The summed E-state index contributed by atoms with van der Waals surface area (Å²) in [6.45, 7) is 2.20. The number of amides is 2. The van der Waals surface area contributed by atoms with Crippen LogP contribution in [0.25, 0.3) is 10.9 Å². The lowest BCUT2D eigenvalue weighted by atomic mass is 10.1. The fraction of sp³-hybridized carbons (Fsp3) is 0.158. The Labute approximate surface area is 143 Å². The van der Waals surface area contributed by atoms with Crippen molar-refractivity contribution < 1.29 is 14.0 Å². The molecule has 4 rings (SSSR count). The van der Waals surface area contributed by atoms with E-state index in [1.165, 1.54) is 12.1 Å². The number of aromatic nitrogens is 1. The van der Waals surface area contributed by atoms with E-state index in [9.17, 15) is 14.0 Å². The molecule has 2 amide bonds. The molecule has 1 aromatic heterocycles. The molecular weight excluding hydrogens is 321 g/mol. The van der Waals surface area contributed by atoms with E-state index in [-0.39, 0.29) is 17.6 Å². The number of fused-ring (bicyclic) bond motifs is 2. The third kappa shape index (κ3) is 2.65. The van der Waals surface area contributed by atoms with Gasteiger partial charge >= 0.3 is 0 Å². The Morgan fingerprint density at radius 2 is 2.04 bits per heavy atom. The van der Waals surface area contributed by atoms with Crippen LogP contribution in [0.15, 0.2) is 42.5 Å². The highest BCUT2D eigenvalue weighted by molar-refractivity contribution is 6.06. The molecule has 0 saturated heterocycles. The minimum Gasteiger partial charge on any atom is -0.350 e. The Kier molecular flexibility index (Phi) is 3.53. The summed E-state index contributed by atoms with van der Waals surface area (Å²) in [6.07, 6.45) is 0.760. The largest absolute Gasteiger partial charge is 0.350 e. The Balaban J connectivity index is 1.58. The predicted octanol–water partition coefficient (Wildman–Crippen LogP) is 3.47. The first kappa shape index (κ1) is 15.4. The van der Waals surface area contributed by atoms with Crippen LogP contribution >= 0.6 is 0 Å². The molecule has 1 aliphatic rings. The summed E-state index contributed by atoms with van der Waals surface area (Å²) in [4.78, 5) is 28.7. The SMILES string of the molecule is CC(=O)N1CCc2cc(NC(=O)c3cc4c(F)cccc4[nH]3)ccc21. The van der Waals surface area contributed by atoms with Gasteiger partial charge in [0.15, 0.2) is 0 Å². The molecule has 1 aliphatic heterocycles. The molecule has 0 bridgehead atoms. The van der Waals surface area contributed by atoms with Crippen molar-refractivity contribution >= 4 is 34.1 Å². The molecule has 2 N–H and O–H groups in total. The van der Waals surface area contributed by atoms with Gasteiger partial charge in [-0.1, -0.05) is 6.07 Å². The first-order valence-electron chi connectivity index (χ1n) is 8.02. The number of carbonyl (C=O) groups is 2. The standard InChI is InChI=1S/C19H16FN3O2/c1-11(24)23-8-7-12-9-13(5-6-18(12)23)21-19(25)17-10-14-15(20)3-2-4-16(14)22-17/h2-6,9-10,22H,7-8H2,1H3,(H,21,25). The topological polar surface area (TPSA) is 65.2 Å². The molecule has 0 unspecified atom stereocenters. The van der Waals surface area contributed by atoms with Gasteiger partial charge in [-0.15, -0.1) is 0 Å². The van der Waals surface area contributed by atoms with Crippen LogP contribution in [-0.4, -0.2) is 23.3 Å². The molecule has 0 spiro atoms. The number of hydrogen-bond acceptors (Lipinski definition) is 2. The van der Waals surface area contributed by atoms with Crippen LogP contribution in [0, 0.1) is 5.82 Å². The molecule has 126 valence electrons. The lowest BCUT2D eigenvalue weighted by Crippen LogP contribution is -2.25. The summed E-state index contributed by atoms with van der Waals surface area (Å²) >= 11 is 0. The summed E-state index contributed by atoms with van der Waals surface area (Å²) in [5.74, 6) is -0.692. The van der Waals surface area contributed by atoms with E-state index in [0.717, 1.165) is 17.7 Å². The van der Waals surface area contributed by atoms with Crippen molar-refractivity contribution in [3.05, 3.63) is 59.5 Å². The van der Waals surface area contributed by atoms with Crippen molar-refractivity contribution in [3.8, 4) is 0 Å². The van der Waals surface area contributed by atoms with E-state index < -0.39 is 0 Å². The van der Waals surface area contributed by atoms with E-state index in [1.807, 2.05) is 12.1 Å². The summed E-state index contributed by atoms with van der Waals surface area (Å²) in [5, 5.41) is 3.20. The normalized spacial score (nSPS) is 13.1. The Morgan fingerprint density at radius 1 is 1.20 bits per heavy atom.